The summed E-state index contributed by atoms with van der Waals surface area (Å²) in [6.45, 7) is 0. The van der Waals surface area contributed by atoms with E-state index in [2.05, 4.69) is 5.32 Å². The third-order valence-electron chi connectivity index (χ3n) is 3.25. The van der Waals surface area contributed by atoms with Crippen molar-refractivity contribution in [3.8, 4) is 11.5 Å². The van der Waals surface area contributed by atoms with Gasteiger partial charge in [-0.3, -0.25) is 4.79 Å². The van der Waals surface area contributed by atoms with Crippen molar-refractivity contribution >= 4 is 36.0 Å². The number of benzene rings is 2. The van der Waals surface area contributed by atoms with E-state index in [1.54, 1.807) is 43.5 Å². The number of methoxy groups -OCH3 is 2. The molecule has 2 N–H and O–H groups in total. The van der Waals surface area contributed by atoms with Crippen LogP contribution in [0.3, 0.4) is 0 Å². The van der Waals surface area contributed by atoms with E-state index >= 15 is 0 Å². The fourth-order valence-electron chi connectivity index (χ4n) is 2.08. The zero-order valence-electron chi connectivity index (χ0n) is 13.7. The van der Waals surface area contributed by atoms with Gasteiger partial charge in [0.05, 0.1) is 25.5 Å². The van der Waals surface area contributed by atoms with E-state index in [9.17, 15) is 9.59 Å². The van der Waals surface area contributed by atoms with Crippen LogP contribution in [0.25, 0.3) is 6.08 Å². The number of rotatable bonds is 6. The molecule has 2 rings (SSSR count). The Morgan fingerprint density at radius 2 is 1.72 bits per heavy atom. The third kappa shape index (κ3) is 5.26. The summed E-state index contributed by atoms with van der Waals surface area (Å²) in [4.78, 5) is 23.1. The van der Waals surface area contributed by atoms with E-state index in [4.69, 9.17) is 14.6 Å². The fourth-order valence-corrected chi connectivity index (χ4v) is 2.08. The van der Waals surface area contributed by atoms with Gasteiger partial charge in [0.2, 0.25) is 5.91 Å². The summed E-state index contributed by atoms with van der Waals surface area (Å²) >= 11 is 0. The van der Waals surface area contributed by atoms with Crippen LogP contribution in [0.5, 0.6) is 11.5 Å². The quantitative estimate of drug-likeness (QED) is 0.767. The zero-order chi connectivity index (χ0) is 17.5. The summed E-state index contributed by atoms with van der Waals surface area (Å²) < 4.78 is 10.3. The number of carbonyl (C=O) groups is 2. The molecule has 0 aliphatic rings. The van der Waals surface area contributed by atoms with Crippen molar-refractivity contribution in [1.82, 2.24) is 0 Å². The van der Waals surface area contributed by atoms with Crippen molar-refractivity contribution < 1.29 is 24.2 Å². The summed E-state index contributed by atoms with van der Waals surface area (Å²) in [6.07, 6.45) is 2.92. The average Bonchev–Trinajstić information content (AvgIpc) is 2.59. The van der Waals surface area contributed by atoms with Gasteiger partial charge in [0.15, 0.2) is 11.5 Å². The maximum absolute atomic E-state index is 12.0. The number of aromatic carboxylic acids is 1. The van der Waals surface area contributed by atoms with Gasteiger partial charge >= 0.3 is 5.97 Å². The molecule has 0 saturated carbocycles. The number of carbonyl (C=O) groups excluding carboxylic acids is 1. The maximum atomic E-state index is 12.0. The van der Waals surface area contributed by atoms with Gasteiger partial charge in [0.1, 0.15) is 0 Å². The topological polar surface area (TPSA) is 84.9 Å². The lowest BCUT2D eigenvalue weighted by molar-refractivity contribution is -0.111. The standard InChI is InChI=1S/C18H17NO5.ClH/c1-23-15-9-7-12(11-16(15)24-2)8-10-17(20)19-14-6-4-3-5-13(14)18(21)22;/h3-11H,1-2H3,(H,19,20)(H,21,22);1H/b10-8+;. The first-order valence-corrected chi connectivity index (χ1v) is 7.08. The molecule has 0 heterocycles. The molecule has 7 heteroatoms. The van der Waals surface area contributed by atoms with Gasteiger partial charge in [-0.25, -0.2) is 4.79 Å². The van der Waals surface area contributed by atoms with E-state index in [-0.39, 0.29) is 23.7 Å². The first-order chi connectivity index (χ1) is 11.5. The maximum Gasteiger partial charge on any atom is 0.337 e. The second-order valence-electron chi connectivity index (χ2n) is 4.79. The molecule has 2 aromatic rings. The normalized spacial score (nSPS) is 10.0. The van der Waals surface area contributed by atoms with Crippen molar-refractivity contribution in [1.29, 1.82) is 0 Å². The number of hydrogen-bond donors (Lipinski definition) is 2. The number of hydrogen-bond acceptors (Lipinski definition) is 4. The Kier molecular flexibility index (Phi) is 7.49. The van der Waals surface area contributed by atoms with Crippen molar-refractivity contribution in [2.24, 2.45) is 0 Å². The predicted octanol–water partition coefficient (Wildman–Crippen LogP) is 3.48. The number of nitrogens with one attached hydrogen (secondary N) is 1. The van der Waals surface area contributed by atoms with Crippen LogP contribution in [-0.2, 0) is 4.79 Å². The minimum atomic E-state index is -1.10. The van der Waals surface area contributed by atoms with Crippen LogP contribution < -0.4 is 14.8 Å². The molecule has 0 bridgehead atoms. The molecule has 25 heavy (non-hydrogen) atoms. The molecule has 0 unspecified atom stereocenters. The summed E-state index contributed by atoms with van der Waals surface area (Å²) in [5.41, 5.74) is 1.02. The van der Waals surface area contributed by atoms with E-state index in [1.807, 2.05) is 0 Å². The summed E-state index contributed by atoms with van der Waals surface area (Å²) in [5, 5.41) is 11.6. The zero-order valence-corrected chi connectivity index (χ0v) is 14.5. The Morgan fingerprint density at radius 1 is 1.04 bits per heavy atom. The van der Waals surface area contributed by atoms with Crippen LogP contribution >= 0.6 is 12.4 Å². The molecule has 0 fully saturated rings. The number of para-hydroxylation sites is 1. The Labute approximate surface area is 151 Å². The Bertz CT molecular complexity index is 789. The molecule has 0 aromatic heterocycles. The van der Waals surface area contributed by atoms with Crippen LogP contribution in [0.4, 0.5) is 5.69 Å². The molecule has 6 nitrogen and oxygen atoms in total. The van der Waals surface area contributed by atoms with Crippen molar-refractivity contribution in [2.45, 2.75) is 0 Å². The van der Waals surface area contributed by atoms with Gasteiger partial charge in [0.25, 0.3) is 0 Å². The highest BCUT2D eigenvalue weighted by molar-refractivity contribution is 6.06. The Morgan fingerprint density at radius 3 is 2.36 bits per heavy atom. The highest BCUT2D eigenvalue weighted by Gasteiger charge is 2.10. The van der Waals surface area contributed by atoms with Crippen LogP contribution in [-0.4, -0.2) is 31.2 Å². The molecular formula is C18H18ClNO5. The van der Waals surface area contributed by atoms with Crippen molar-refractivity contribution in [2.75, 3.05) is 19.5 Å². The molecule has 0 aliphatic carbocycles. The highest BCUT2D eigenvalue weighted by Crippen LogP contribution is 2.28. The van der Waals surface area contributed by atoms with Gasteiger partial charge in [0, 0.05) is 6.08 Å². The number of halogens is 1. The molecule has 0 radical (unpaired) electrons. The predicted molar refractivity (Wildman–Crippen MR) is 97.9 cm³/mol. The third-order valence-corrected chi connectivity index (χ3v) is 3.25. The minimum absolute atomic E-state index is 0. The molecule has 0 atom stereocenters. The van der Waals surface area contributed by atoms with Crippen LogP contribution in [0, 0.1) is 0 Å². The molecule has 132 valence electrons. The second kappa shape index (κ2) is 9.34. The van der Waals surface area contributed by atoms with Gasteiger partial charge < -0.3 is 19.9 Å². The molecular weight excluding hydrogens is 346 g/mol. The number of carboxylic acid groups (broad SMARTS) is 1. The summed E-state index contributed by atoms with van der Waals surface area (Å²) in [7, 11) is 3.07. The average molecular weight is 364 g/mol. The fraction of sp³-hybridized carbons (Fsp3) is 0.111. The van der Waals surface area contributed by atoms with Gasteiger partial charge in [-0.2, -0.15) is 0 Å². The molecule has 0 saturated heterocycles. The van der Waals surface area contributed by atoms with E-state index < -0.39 is 11.9 Å². The van der Waals surface area contributed by atoms with Crippen LogP contribution in [0.1, 0.15) is 15.9 Å². The summed E-state index contributed by atoms with van der Waals surface area (Å²) in [6, 6.07) is 11.4. The number of amides is 1. The van der Waals surface area contributed by atoms with Crippen molar-refractivity contribution in [3.63, 3.8) is 0 Å². The lowest BCUT2D eigenvalue weighted by Gasteiger charge is -2.08. The highest BCUT2D eigenvalue weighted by atomic mass is 35.5. The second-order valence-corrected chi connectivity index (χ2v) is 4.79. The monoisotopic (exact) mass is 363 g/mol. The summed E-state index contributed by atoms with van der Waals surface area (Å²) in [5.74, 6) is -0.390. The van der Waals surface area contributed by atoms with Crippen molar-refractivity contribution in [3.05, 3.63) is 59.7 Å². The number of ether oxygens (including phenoxy) is 2. The first kappa shape index (κ1) is 20.1. The number of carboxylic acids is 1. The van der Waals surface area contributed by atoms with Gasteiger partial charge in [-0.1, -0.05) is 18.2 Å². The first-order valence-electron chi connectivity index (χ1n) is 7.08. The van der Waals surface area contributed by atoms with E-state index in [0.717, 1.165) is 5.56 Å². The molecule has 0 spiro atoms. The molecule has 2 aromatic carbocycles. The molecule has 0 aliphatic heterocycles. The van der Waals surface area contributed by atoms with Gasteiger partial charge in [-0.05, 0) is 35.9 Å². The lowest BCUT2D eigenvalue weighted by Crippen LogP contribution is -2.11. The Hall–Kier alpha value is -2.99. The number of anilines is 1. The minimum Gasteiger partial charge on any atom is -0.493 e. The van der Waals surface area contributed by atoms with Crippen LogP contribution in [0.15, 0.2) is 48.5 Å². The lowest BCUT2D eigenvalue weighted by atomic mass is 10.1. The van der Waals surface area contributed by atoms with Gasteiger partial charge in [-0.15, -0.1) is 12.4 Å². The Balaban J connectivity index is 0.00000312. The van der Waals surface area contributed by atoms with Crippen LogP contribution in [0.2, 0.25) is 0 Å². The van der Waals surface area contributed by atoms with E-state index in [0.29, 0.717) is 11.5 Å². The smallest absolute Gasteiger partial charge is 0.337 e. The molecule has 1 amide bonds. The largest absolute Gasteiger partial charge is 0.493 e. The SMILES string of the molecule is COc1ccc(/C=C/C(=O)Nc2ccccc2C(=O)O)cc1OC.Cl. The van der Waals surface area contributed by atoms with E-state index in [1.165, 1.54) is 25.3 Å².